The van der Waals surface area contributed by atoms with E-state index in [1.165, 1.54) is 52.8 Å². The maximum Gasteiger partial charge on any atom is 0.336 e. The topological polar surface area (TPSA) is 118 Å². The molecule has 0 saturated heterocycles. The molecule has 3 aromatic rings. The van der Waals surface area contributed by atoms with Crippen molar-refractivity contribution in [1.82, 2.24) is 4.98 Å². The van der Waals surface area contributed by atoms with E-state index in [1.807, 2.05) is 6.07 Å². The molecule has 1 amide bonds. The summed E-state index contributed by atoms with van der Waals surface area (Å²) in [7, 11) is -3.80. The van der Waals surface area contributed by atoms with Gasteiger partial charge in [-0.05, 0) is 56.3 Å². The van der Waals surface area contributed by atoms with Crippen LogP contribution in [-0.4, -0.2) is 37.4 Å². The van der Waals surface area contributed by atoms with Crippen molar-refractivity contribution in [2.75, 3.05) is 21.5 Å². The number of esters is 1. The smallest absolute Gasteiger partial charge is 0.336 e. The molecule has 1 atom stereocenters. The van der Waals surface area contributed by atoms with Crippen LogP contribution in [0.25, 0.3) is 0 Å². The highest BCUT2D eigenvalue weighted by Crippen LogP contribution is 2.35. The average Bonchev–Trinajstić information content (AvgIpc) is 3.41. The number of para-hydroxylation sites is 1. The molecule has 4 rings (SSSR count). The van der Waals surface area contributed by atoms with Crippen LogP contribution in [0.1, 0.15) is 13.8 Å². The predicted molar refractivity (Wildman–Crippen MR) is 130 cm³/mol. The van der Waals surface area contributed by atoms with Crippen LogP contribution < -0.4 is 14.9 Å². The van der Waals surface area contributed by atoms with Gasteiger partial charge in [-0.1, -0.05) is 18.2 Å². The van der Waals surface area contributed by atoms with Crippen molar-refractivity contribution in [2.24, 2.45) is 0 Å². The molecule has 9 nitrogen and oxygen atoms in total. The molecule has 2 N–H and O–H groups in total. The molecule has 0 saturated carbocycles. The van der Waals surface area contributed by atoms with Crippen molar-refractivity contribution in [1.29, 1.82) is 0 Å². The SMILES string of the molecule is CCOC(=O)[C@]1(C)C=C(Nc2ccc(S(=O)(=O)Nc3nccs3)cc2)C(=O)N1c1ccccc1. The first-order valence-corrected chi connectivity index (χ1v) is 12.7. The second-order valence-corrected chi connectivity index (χ2v) is 10.1. The molecule has 1 aromatic heterocycles. The number of sulfonamides is 1. The summed E-state index contributed by atoms with van der Waals surface area (Å²) >= 11 is 1.17. The van der Waals surface area contributed by atoms with Crippen LogP contribution in [0.5, 0.6) is 0 Å². The van der Waals surface area contributed by atoms with Crippen LogP contribution in [0, 0.1) is 0 Å². The van der Waals surface area contributed by atoms with Crippen molar-refractivity contribution in [2.45, 2.75) is 24.3 Å². The predicted octanol–water partition coefficient (Wildman–Crippen LogP) is 3.61. The van der Waals surface area contributed by atoms with Gasteiger partial charge in [-0.3, -0.25) is 14.4 Å². The number of aromatic nitrogens is 1. The minimum Gasteiger partial charge on any atom is -0.464 e. The summed E-state index contributed by atoms with van der Waals surface area (Å²) in [5.74, 6) is -0.970. The summed E-state index contributed by atoms with van der Waals surface area (Å²) < 4.78 is 32.7. The fourth-order valence-corrected chi connectivity index (χ4v) is 5.33. The minimum absolute atomic E-state index is 0.0438. The third-order valence-electron chi connectivity index (χ3n) is 5.12. The Hall–Kier alpha value is -3.70. The van der Waals surface area contributed by atoms with Crippen LogP contribution in [-0.2, 0) is 24.3 Å². The number of nitrogens with zero attached hydrogens (tertiary/aromatic N) is 2. The summed E-state index contributed by atoms with van der Waals surface area (Å²) in [5.41, 5.74) is -0.145. The van der Waals surface area contributed by atoms with Crippen molar-refractivity contribution in [3.05, 3.63) is 77.9 Å². The first-order chi connectivity index (χ1) is 16.2. The van der Waals surface area contributed by atoms with Crippen LogP contribution in [0.2, 0.25) is 0 Å². The highest BCUT2D eigenvalue weighted by atomic mass is 32.2. The number of carbonyl (C=O) groups excluding carboxylic acids is 2. The highest BCUT2D eigenvalue weighted by molar-refractivity contribution is 7.93. The van der Waals surface area contributed by atoms with E-state index in [2.05, 4.69) is 15.0 Å². The van der Waals surface area contributed by atoms with Gasteiger partial charge in [0.25, 0.3) is 15.9 Å². The van der Waals surface area contributed by atoms with E-state index in [0.29, 0.717) is 11.4 Å². The van der Waals surface area contributed by atoms with E-state index >= 15 is 0 Å². The Morgan fingerprint density at radius 3 is 2.47 bits per heavy atom. The van der Waals surface area contributed by atoms with Gasteiger partial charge in [0.2, 0.25) is 0 Å². The van der Waals surface area contributed by atoms with E-state index in [1.54, 1.807) is 43.5 Å². The quantitative estimate of drug-likeness (QED) is 0.456. The van der Waals surface area contributed by atoms with Crippen LogP contribution in [0.15, 0.2) is 82.8 Å². The van der Waals surface area contributed by atoms with E-state index in [0.717, 1.165) is 0 Å². The lowest BCUT2D eigenvalue weighted by molar-refractivity contribution is -0.147. The summed E-state index contributed by atoms with van der Waals surface area (Å²) in [4.78, 5) is 31.5. The molecular formula is C23H22N4O5S2. The first kappa shape index (κ1) is 23.5. The van der Waals surface area contributed by atoms with E-state index in [9.17, 15) is 18.0 Å². The Morgan fingerprint density at radius 1 is 1.15 bits per heavy atom. The standard InChI is InChI=1S/C23H22N4O5S2/c1-3-32-21(29)23(2)15-19(20(28)27(23)17-7-5-4-6-8-17)25-16-9-11-18(12-10-16)34(30,31)26-22-24-13-14-33-22/h4-15,25H,3H2,1-2H3,(H,24,26)/t23-/m0/s1. The van der Waals surface area contributed by atoms with Crippen molar-refractivity contribution >= 4 is 49.7 Å². The zero-order chi connectivity index (χ0) is 24.3. The molecule has 34 heavy (non-hydrogen) atoms. The lowest BCUT2D eigenvalue weighted by atomic mass is 10.0. The molecule has 0 spiro atoms. The molecule has 11 heteroatoms. The number of rotatable bonds is 8. The normalized spacial score (nSPS) is 17.9. The summed E-state index contributed by atoms with van der Waals surface area (Å²) in [6.45, 7) is 3.49. The molecule has 0 unspecified atom stereocenters. The van der Waals surface area contributed by atoms with Gasteiger partial charge in [0.1, 0.15) is 5.70 Å². The molecule has 2 aromatic carbocycles. The molecule has 1 aliphatic heterocycles. The number of hydrogen-bond donors (Lipinski definition) is 2. The minimum atomic E-state index is -3.80. The van der Waals surface area contributed by atoms with Crippen molar-refractivity contribution in [3.8, 4) is 0 Å². The molecule has 0 bridgehead atoms. The lowest BCUT2D eigenvalue weighted by Gasteiger charge is -2.32. The number of benzene rings is 2. The monoisotopic (exact) mass is 498 g/mol. The van der Waals surface area contributed by atoms with Crippen molar-refractivity contribution in [3.63, 3.8) is 0 Å². The highest BCUT2D eigenvalue weighted by Gasteiger charge is 2.49. The Kier molecular flexibility index (Phi) is 6.40. The number of thiazole rings is 1. The number of nitrogens with one attached hydrogen (secondary N) is 2. The Bertz CT molecular complexity index is 1320. The number of amides is 1. The third-order valence-corrected chi connectivity index (χ3v) is 7.30. The average molecular weight is 499 g/mol. The van der Waals surface area contributed by atoms with Gasteiger partial charge in [-0.25, -0.2) is 18.2 Å². The second-order valence-electron chi connectivity index (χ2n) is 7.49. The van der Waals surface area contributed by atoms with Crippen LogP contribution in [0.3, 0.4) is 0 Å². The molecule has 176 valence electrons. The number of anilines is 3. The largest absolute Gasteiger partial charge is 0.464 e. The van der Waals surface area contributed by atoms with Gasteiger partial charge in [0.05, 0.1) is 11.5 Å². The molecule has 1 aliphatic rings. The fraction of sp³-hybridized carbons (Fsp3) is 0.174. The zero-order valence-corrected chi connectivity index (χ0v) is 20.0. The van der Waals surface area contributed by atoms with E-state index in [4.69, 9.17) is 4.74 Å². The molecular weight excluding hydrogens is 476 g/mol. The number of carbonyl (C=O) groups is 2. The van der Waals surface area contributed by atoms with Crippen molar-refractivity contribution < 1.29 is 22.7 Å². The van der Waals surface area contributed by atoms with Gasteiger partial charge < -0.3 is 10.1 Å². The second kappa shape index (κ2) is 9.27. The fourth-order valence-electron chi connectivity index (χ4n) is 3.54. The molecule has 0 radical (unpaired) electrons. The van der Waals surface area contributed by atoms with E-state index < -0.39 is 27.4 Å². The zero-order valence-electron chi connectivity index (χ0n) is 18.4. The maximum absolute atomic E-state index is 13.3. The van der Waals surface area contributed by atoms with Crippen LogP contribution in [0.4, 0.5) is 16.5 Å². The summed E-state index contributed by atoms with van der Waals surface area (Å²) in [5, 5.41) is 4.94. The van der Waals surface area contributed by atoms with Crippen LogP contribution >= 0.6 is 11.3 Å². The lowest BCUT2D eigenvalue weighted by Crippen LogP contribution is -2.51. The summed E-state index contributed by atoms with van der Waals surface area (Å²) in [6.07, 6.45) is 3.03. The van der Waals surface area contributed by atoms with Gasteiger partial charge in [-0.2, -0.15) is 0 Å². The molecule has 0 fully saturated rings. The Labute approximate surface area is 201 Å². The Balaban J connectivity index is 1.59. The molecule has 2 heterocycles. The Morgan fingerprint density at radius 2 is 1.85 bits per heavy atom. The summed E-state index contributed by atoms with van der Waals surface area (Å²) in [6, 6.07) is 14.8. The third kappa shape index (κ3) is 4.52. The number of ether oxygens (including phenoxy) is 1. The first-order valence-electron chi connectivity index (χ1n) is 10.3. The maximum atomic E-state index is 13.3. The number of hydrogen-bond acceptors (Lipinski definition) is 8. The van der Waals surface area contributed by atoms with Gasteiger partial charge >= 0.3 is 5.97 Å². The van der Waals surface area contributed by atoms with Gasteiger partial charge in [-0.15, -0.1) is 11.3 Å². The van der Waals surface area contributed by atoms with Gasteiger partial charge in [0, 0.05) is 23.0 Å². The van der Waals surface area contributed by atoms with E-state index in [-0.39, 0.29) is 22.3 Å². The van der Waals surface area contributed by atoms with Gasteiger partial charge in [0.15, 0.2) is 10.7 Å². The molecule has 0 aliphatic carbocycles.